The van der Waals surface area contributed by atoms with Crippen molar-refractivity contribution in [3.8, 4) is 0 Å². The molecule has 1 fully saturated rings. The molecular weight excluding hydrogens is 220 g/mol. The van der Waals surface area contributed by atoms with Crippen molar-refractivity contribution in [3.05, 3.63) is 12.3 Å². The van der Waals surface area contributed by atoms with Gasteiger partial charge in [-0.05, 0) is 12.0 Å². The van der Waals surface area contributed by atoms with Gasteiger partial charge in [0.1, 0.15) is 5.82 Å². The van der Waals surface area contributed by atoms with E-state index in [-0.39, 0.29) is 23.8 Å². The smallest absolute Gasteiger partial charge is 0.310 e. The highest BCUT2D eigenvalue weighted by atomic mass is 16.5. The first-order chi connectivity index (χ1) is 8.11. The fourth-order valence-electron chi connectivity index (χ4n) is 2.15. The summed E-state index contributed by atoms with van der Waals surface area (Å²) in [6, 6.07) is 1.79. The molecule has 0 bridgehead atoms. The first-order valence-electron chi connectivity index (χ1n) is 5.53. The van der Waals surface area contributed by atoms with E-state index in [9.17, 15) is 4.79 Å². The van der Waals surface area contributed by atoms with Crippen LogP contribution in [0.3, 0.4) is 0 Å². The summed E-state index contributed by atoms with van der Waals surface area (Å²) in [4.78, 5) is 21.6. The van der Waals surface area contributed by atoms with Crippen LogP contribution in [0.1, 0.15) is 6.92 Å². The average molecular weight is 236 g/mol. The molecule has 0 saturated carbocycles. The van der Waals surface area contributed by atoms with E-state index in [0.717, 1.165) is 12.4 Å². The van der Waals surface area contributed by atoms with Crippen molar-refractivity contribution in [1.29, 1.82) is 0 Å². The zero-order chi connectivity index (χ0) is 12.4. The molecule has 92 valence electrons. The van der Waals surface area contributed by atoms with Gasteiger partial charge < -0.3 is 15.4 Å². The number of anilines is 2. The summed E-state index contributed by atoms with van der Waals surface area (Å²) < 4.78 is 4.79. The Morgan fingerprint density at radius 2 is 2.35 bits per heavy atom. The van der Waals surface area contributed by atoms with Crippen molar-refractivity contribution in [3.63, 3.8) is 0 Å². The Morgan fingerprint density at radius 1 is 1.59 bits per heavy atom. The van der Waals surface area contributed by atoms with E-state index in [1.54, 1.807) is 12.3 Å². The van der Waals surface area contributed by atoms with Crippen molar-refractivity contribution in [2.24, 2.45) is 11.8 Å². The lowest BCUT2D eigenvalue weighted by molar-refractivity contribution is -0.145. The summed E-state index contributed by atoms with van der Waals surface area (Å²) in [5, 5.41) is 0. The van der Waals surface area contributed by atoms with Crippen LogP contribution in [0.5, 0.6) is 0 Å². The Bertz CT molecular complexity index is 424. The molecule has 2 unspecified atom stereocenters. The van der Waals surface area contributed by atoms with E-state index in [4.69, 9.17) is 10.5 Å². The number of nitrogens with two attached hydrogens (primary N) is 1. The van der Waals surface area contributed by atoms with E-state index in [2.05, 4.69) is 9.97 Å². The fraction of sp³-hybridized carbons (Fsp3) is 0.545. The largest absolute Gasteiger partial charge is 0.469 e. The lowest BCUT2D eigenvalue weighted by Gasteiger charge is -2.16. The van der Waals surface area contributed by atoms with Crippen molar-refractivity contribution in [1.82, 2.24) is 9.97 Å². The van der Waals surface area contributed by atoms with Crippen LogP contribution >= 0.6 is 0 Å². The number of aromatic nitrogens is 2. The zero-order valence-electron chi connectivity index (χ0n) is 9.96. The molecule has 0 amide bonds. The number of nitrogen functional groups attached to an aromatic ring is 1. The van der Waals surface area contributed by atoms with Gasteiger partial charge in [0.2, 0.25) is 5.95 Å². The minimum atomic E-state index is -0.165. The van der Waals surface area contributed by atoms with Gasteiger partial charge in [0.25, 0.3) is 0 Å². The molecule has 6 heteroatoms. The number of hydrogen-bond donors (Lipinski definition) is 1. The van der Waals surface area contributed by atoms with Crippen LogP contribution < -0.4 is 10.6 Å². The molecule has 2 heterocycles. The lowest BCUT2D eigenvalue weighted by atomic mass is 9.99. The molecule has 2 N–H and O–H groups in total. The molecule has 2 atom stereocenters. The number of hydrogen-bond acceptors (Lipinski definition) is 6. The highest BCUT2D eigenvalue weighted by molar-refractivity contribution is 5.74. The molecule has 17 heavy (non-hydrogen) atoms. The minimum absolute atomic E-state index is 0.101. The summed E-state index contributed by atoms with van der Waals surface area (Å²) in [5.74, 6) is 0.990. The van der Waals surface area contributed by atoms with Gasteiger partial charge in [0.15, 0.2) is 0 Å². The predicted molar refractivity (Wildman–Crippen MR) is 63.3 cm³/mol. The van der Waals surface area contributed by atoms with Crippen LogP contribution in [-0.2, 0) is 9.53 Å². The topological polar surface area (TPSA) is 81.3 Å². The molecule has 1 aliphatic heterocycles. The van der Waals surface area contributed by atoms with Gasteiger partial charge in [-0.2, -0.15) is 4.98 Å². The molecule has 1 aromatic rings. The number of nitrogens with zero attached hydrogens (tertiary/aromatic N) is 3. The summed E-state index contributed by atoms with van der Waals surface area (Å²) in [6.07, 6.45) is 1.62. The molecule has 1 aliphatic rings. The van der Waals surface area contributed by atoms with Crippen LogP contribution in [-0.4, -0.2) is 36.1 Å². The normalized spacial score (nSPS) is 23.8. The third kappa shape index (κ3) is 2.30. The molecule has 0 aliphatic carbocycles. The Labute approximate surface area is 99.8 Å². The molecule has 0 radical (unpaired) electrons. The second-order valence-electron chi connectivity index (χ2n) is 4.28. The fourth-order valence-corrected chi connectivity index (χ4v) is 2.15. The van der Waals surface area contributed by atoms with Gasteiger partial charge in [-0.3, -0.25) is 4.79 Å². The quantitative estimate of drug-likeness (QED) is 0.744. The molecule has 1 saturated heterocycles. The highest BCUT2D eigenvalue weighted by Gasteiger charge is 2.36. The molecule has 0 aromatic carbocycles. The first-order valence-corrected chi connectivity index (χ1v) is 5.53. The molecule has 6 nitrogen and oxygen atoms in total. The van der Waals surface area contributed by atoms with E-state index in [1.165, 1.54) is 7.11 Å². The first kappa shape index (κ1) is 11.6. The maximum atomic E-state index is 11.6. The van der Waals surface area contributed by atoms with E-state index >= 15 is 0 Å². The van der Waals surface area contributed by atoms with Crippen LogP contribution in [0, 0.1) is 11.8 Å². The van der Waals surface area contributed by atoms with Crippen molar-refractivity contribution in [2.75, 3.05) is 30.8 Å². The number of ether oxygens (including phenoxy) is 1. The Kier molecular flexibility index (Phi) is 3.12. The summed E-state index contributed by atoms with van der Waals surface area (Å²) in [7, 11) is 1.42. The van der Waals surface area contributed by atoms with Crippen molar-refractivity contribution < 1.29 is 9.53 Å². The number of carbonyl (C=O) groups excluding carboxylic acids is 1. The summed E-state index contributed by atoms with van der Waals surface area (Å²) in [5.41, 5.74) is 5.54. The number of rotatable bonds is 2. The third-order valence-electron chi connectivity index (χ3n) is 3.10. The SMILES string of the molecule is COC(=O)C1CN(c2ccnc(N)n2)CC1C. The van der Waals surface area contributed by atoms with Gasteiger partial charge in [-0.15, -0.1) is 0 Å². The van der Waals surface area contributed by atoms with Crippen LogP contribution in [0.25, 0.3) is 0 Å². The monoisotopic (exact) mass is 236 g/mol. The van der Waals surface area contributed by atoms with Crippen LogP contribution in [0.15, 0.2) is 12.3 Å². The van der Waals surface area contributed by atoms with Crippen LogP contribution in [0.4, 0.5) is 11.8 Å². The molecular formula is C11H16N4O2. The lowest BCUT2D eigenvalue weighted by Crippen LogP contribution is -2.25. The average Bonchev–Trinajstić information content (AvgIpc) is 2.70. The highest BCUT2D eigenvalue weighted by Crippen LogP contribution is 2.27. The summed E-state index contributed by atoms with van der Waals surface area (Å²) >= 11 is 0. The maximum absolute atomic E-state index is 11.6. The standard InChI is InChI=1S/C11H16N4O2/c1-7-5-15(6-8(7)10(16)17-2)9-3-4-13-11(12)14-9/h3-4,7-8H,5-6H2,1-2H3,(H2,12,13,14). The van der Waals surface area contributed by atoms with E-state index in [1.807, 2.05) is 11.8 Å². The van der Waals surface area contributed by atoms with Gasteiger partial charge >= 0.3 is 5.97 Å². The van der Waals surface area contributed by atoms with E-state index in [0.29, 0.717) is 6.54 Å². The number of methoxy groups -OCH3 is 1. The molecule has 1 aromatic heterocycles. The van der Waals surface area contributed by atoms with Gasteiger partial charge in [0, 0.05) is 19.3 Å². The van der Waals surface area contributed by atoms with E-state index < -0.39 is 0 Å². The van der Waals surface area contributed by atoms with Crippen molar-refractivity contribution in [2.45, 2.75) is 6.92 Å². The maximum Gasteiger partial charge on any atom is 0.310 e. The zero-order valence-corrected chi connectivity index (χ0v) is 9.96. The van der Waals surface area contributed by atoms with Crippen LogP contribution in [0.2, 0.25) is 0 Å². The minimum Gasteiger partial charge on any atom is -0.469 e. The number of carbonyl (C=O) groups is 1. The second-order valence-corrected chi connectivity index (χ2v) is 4.28. The van der Waals surface area contributed by atoms with Crippen molar-refractivity contribution >= 4 is 17.7 Å². The Balaban J connectivity index is 2.13. The van der Waals surface area contributed by atoms with Gasteiger partial charge in [0.05, 0.1) is 13.0 Å². The third-order valence-corrected chi connectivity index (χ3v) is 3.10. The second kappa shape index (κ2) is 4.57. The van der Waals surface area contributed by atoms with Gasteiger partial charge in [-0.1, -0.05) is 6.92 Å². The predicted octanol–water partition coefficient (Wildman–Crippen LogP) is 0.304. The molecule has 0 spiro atoms. The Hall–Kier alpha value is -1.85. The summed E-state index contributed by atoms with van der Waals surface area (Å²) in [6.45, 7) is 3.42. The van der Waals surface area contributed by atoms with Gasteiger partial charge in [-0.25, -0.2) is 4.98 Å². The molecule has 2 rings (SSSR count). The Morgan fingerprint density at radius 3 is 3.00 bits per heavy atom. The number of esters is 1.